The molecule has 0 aliphatic carbocycles. The van der Waals surface area contributed by atoms with E-state index in [1.807, 2.05) is 60.7 Å². The quantitative estimate of drug-likeness (QED) is 0.613. The Kier molecular flexibility index (Phi) is 4.86. The molecule has 0 bridgehead atoms. The second kappa shape index (κ2) is 6.24. The Morgan fingerprint density at radius 3 is 1.47 bits per heavy atom. The number of rotatable bonds is 3. The van der Waals surface area contributed by atoms with Crippen LogP contribution in [0, 0.1) is 0 Å². The second-order valence-electron chi connectivity index (χ2n) is 3.81. The summed E-state index contributed by atoms with van der Waals surface area (Å²) in [5, 5.41) is 1.75. The standard InChI is InChI=1S/C14H10Cl3OP/c15-14(16,17)13(18)19(11-7-3-1-4-8-11)12-9-5-2-6-10-12/h1-10H. The number of hydrogen-bond acceptors (Lipinski definition) is 1. The van der Waals surface area contributed by atoms with Crippen LogP contribution in [0.15, 0.2) is 60.7 Å². The fraction of sp³-hybridized carbons (Fsp3) is 0.0714. The molecule has 0 heterocycles. The first-order valence-corrected chi connectivity index (χ1v) is 7.99. The zero-order chi connectivity index (χ0) is 13.9. The van der Waals surface area contributed by atoms with Gasteiger partial charge in [-0.3, -0.25) is 4.79 Å². The first-order chi connectivity index (χ1) is 9.00. The van der Waals surface area contributed by atoms with Crippen molar-refractivity contribution < 1.29 is 4.79 Å². The predicted octanol–water partition coefficient (Wildman–Crippen LogP) is 4.02. The van der Waals surface area contributed by atoms with Crippen molar-refractivity contribution in [3.63, 3.8) is 0 Å². The lowest BCUT2D eigenvalue weighted by Gasteiger charge is -2.21. The molecule has 2 rings (SSSR count). The second-order valence-corrected chi connectivity index (χ2v) is 8.20. The van der Waals surface area contributed by atoms with Gasteiger partial charge in [-0.25, -0.2) is 0 Å². The van der Waals surface area contributed by atoms with Crippen molar-refractivity contribution in [1.29, 1.82) is 0 Å². The molecule has 1 nitrogen and oxygen atoms in total. The van der Waals surface area contributed by atoms with Crippen molar-refractivity contribution in [3.8, 4) is 0 Å². The van der Waals surface area contributed by atoms with Crippen LogP contribution in [0.25, 0.3) is 0 Å². The molecule has 0 spiro atoms. The number of halogens is 3. The van der Waals surface area contributed by atoms with Crippen LogP contribution in [0.4, 0.5) is 0 Å². The summed E-state index contributed by atoms with van der Waals surface area (Å²) in [5.74, 6) is 0. The SMILES string of the molecule is O=C(P(c1ccccc1)c1ccccc1)C(Cl)(Cl)Cl. The molecule has 98 valence electrons. The summed E-state index contributed by atoms with van der Waals surface area (Å²) in [6.45, 7) is 0. The number of carbonyl (C=O) groups excluding carboxylic acids is 1. The first kappa shape index (κ1) is 14.8. The van der Waals surface area contributed by atoms with E-state index >= 15 is 0 Å². The minimum Gasteiger partial charge on any atom is -0.289 e. The molecule has 2 aromatic carbocycles. The lowest BCUT2D eigenvalue weighted by molar-refractivity contribution is -0.110. The molecule has 5 heteroatoms. The normalized spacial score (nSPS) is 11.6. The van der Waals surface area contributed by atoms with Gasteiger partial charge >= 0.3 is 0 Å². The van der Waals surface area contributed by atoms with Crippen molar-refractivity contribution in [2.75, 3.05) is 0 Å². The largest absolute Gasteiger partial charge is 0.289 e. The van der Waals surface area contributed by atoms with Gasteiger partial charge in [-0.15, -0.1) is 0 Å². The minimum absolute atomic E-state index is 0.384. The van der Waals surface area contributed by atoms with Gasteiger partial charge in [-0.1, -0.05) is 95.5 Å². The van der Waals surface area contributed by atoms with Crippen LogP contribution >= 0.6 is 42.7 Å². The molecule has 0 N–H and O–H groups in total. The summed E-state index contributed by atoms with van der Waals surface area (Å²) in [7, 11) is -1.33. The monoisotopic (exact) mass is 330 g/mol. The van der Waals surface area contributed by atoms with Gasteiger partial charge in [0.1, 0.15) is 0 Å². The molecule has 0 unspecified atom stereocenters. The maximum atomic E-state index is 12.4. The Balaban J connectivity index is 2.49. The summed E-state index contributed by atoms with van der Waals surface area (Å²) in [5.41, 5.74) is -0.384. The van der Waals surface area contributed by atoms with Crippen LogP contribution in [0.3, 0.4) is 0 Å². The Bertz CT molecular complexity index is 512. The minimum atomic E-state index is -1.91. The maximum absolute atomic E-state index is 12.4. The fourth-order valence-electron chi connectivity index (χ4n) is 1.66. The van der Waals surface area contributed by atoms with Crippen molar-refractivity contribution in [2.45, 2.75) is 3.79 Å². The van der Waals surface area contributed by atoms with Crippen LogP contribution in [-0.4, -0.2) is 9.32 Å². The Morgan fingerprint density at radius 2 is 1.16 bits per heavy atom. The van der Waals surface area contributed by atoms with E-state index in [0.29, 0.717) is 0 Å². The predicted molar refractivity (Wildman–Crippen MR) is 84.4 cm³/mol. The first-order valence-electron chi connectivity index (χ1n) is 5.51. The highest BCUT2D eigenvalue weighted by atomic mass is 35.6. The Hall–Kier alpha value is -0.590. The molecule has 0 amide bonds. The van der Waals surface area contributed by atoms with E-state index in [0.717, 1.165) is 10.6 Å². The average Bonchev–Trinajstić information content (AvgIpc) is 2.40. The van der Waals surface area contributed by atoms with E-state index in [1.165, 1.54) is 0 Å². The number of benzene rings is 2. The number of hydrogen-bond donors (Lipinski definition) is 0. The molecule has 19 heavy (non-hydrogen) atoms. The zero-order valence-corrected chi connectivity index (χ0v) is 12.9. The molecule has 0 aliphatic heterocycles. The Morgan fingerprint density at radius 1 is 0.789 bits per heavy atom. The van der Waals surface area contributed by atoms with Gasteiger partial charge < -0.3 is 0 Å². The lowest BCUT2D eigenvalue weighted by Crippen LogP contribution is -2.26. The summed E-state index contributed by atoms with van der Waals surface area (Å²) < 4.78 is -1.91. The highest BCUT2D eigenvalue weighted by Crippen LogP contribution is 2.44. The van der Waals surface area contributed by atoms with Crippen molar-refractivity contribution >= 4 is 58.9 Å². The van der Waals surface area contributed by atoms with Gasteiger partial charge in [0.05, 0.1) is 0 Å². The third-order valence-electron chi connectivity index (χ3n) is 2.47. The molecular formula is C14H10Cl3OP. The molecule has 2 aromatic rings. The molecule has 0 atom stereocenters. The molecule has 0 saturated heterocycles. The smallest absolute Gasteiger partial charge is 0.253 e. The topological polar surface area (TPSA) is 17.1 Å². The van der Waals surface area contributed by atoms with E-state index < -0.39 is 11.7 Å². The molecule has 0 fully saturated rings. The number of carbonyl (C=O) groups is 1. The summed E-state index contributed by atoms with van der Waals surface area (Å²) in [6, 6.07) is 18.8. The molecule has 0 saturated carbocycles. The average molecular weight is 332 g/mol. The highest BCUT2D eigenvalue weighted by Gasteiger charge is 2.38. The van der Waals surface area contributed by atoms with Gasteiger partial charge in [0.15, 0.2) is 0 Å². The summed E-state index contributed by atoms with van der Waals surface area (Å²) >= 11 is 17.3. The van der Waals surface area contributed by atoms with Crippen LogP contribution < -0.4 is 10.6 Å². The Labute approximate surface area is 128 Å². The van der Waals surface area contributed by atoms with Crippen LogP contribution in [0.5, 0.6) is 0 Å². The molecule has 0 aliphatic rings. The molecule has 0 radical (unpaired) electrons. The summed E-state index contributed by atoms with van der Waals surface area (Å²) in [4.78, 5) is 12.4. The third kappa shape index (κ3) is 3.70. The van der Waals surface area contributed by atoms with E-state index in [-0.39, 0.29) is 5.52 Å². The number of alkyl halides is 3. The third-order valence-corrected chi connectivity index (χ3v) is 5.76. The molecule has 0 aromatic heterocycles. The van der Waals surface area contributed by atoms with E-state index in [2.05, 4.69) is 0 Å². The van der Waals surface area contributed by atoms with Crippen molar-refractivity contribution in [2.24, 2.45) is 0 Å². The van der Waals surface area contributed by atoms with Gasteiger partial charge in [-0.2, -0.15) is 0 Å². The van der Waals surface area contributed by atoms with E-state index in [9.17, 15) is 4.79 Å². The maximum Gasteiger partial charge on any atom is 0.253 e. The van der Waals surface area contributed by atoms with Crippen LogP contribution in [0.2, 0.25) is 0 Å². The van der Waals surface area contributed by atoms with Crippen LogP contribution in [-0.2, 0) is 4.79 Å². The zero-order valence-electron chi connectivity index (χ0n) is 9.76. The lowest BCUT2D eigenvalue weighted by atomic mass is 10.4. The van der Waals surface area contributed by atoms with Crippen LogP contribution in [0.1, 0.15) is 0 Å². The molecular weight excluding hydrogens is 321 g/mol. The van der Waals surface area contributed by atoms with Gasteiger partial charge in [0.25, 0.3) is 3.79 Å². The van der Waals surface area contributed by atoms with Crippen molar-refractivity contribution in [3.05, 3.63) is 60.7 Å². The van der Waals surface area contributed by atoms with Crippen molar-refractivity contribution in [1.82, 2.24) is 0 Å². The summed E-state index contributed by atoms with van der Waals surface area (Å²) in [6.07, 6.45) is 0. The highest BCUT2D eigenvalue weighted by molar-refractivity contribution is 7.88. The van der Waals surface area contributed by atoms with Gasteiger partial charge in [-0.05, 0) is 10.6 Å². The van der Waals surface area contributed by atoms with E-state index in [4.69, 9.17) is 34.8 Å². The fourth-order valence-corrected chi connectivity index (χ4v) is 4.39. The van der Waals surface area contributed by atoms with E-state index in [1.54, 1.807) is 0 Å². The van der Waals surface area contributed by atoms with Gasteiger partial charge in [0.2, 0.25) is 5.52 Å². The van der Waals surface area contributed by atoms with Gasteiger partial charge in [0, 0.05) is 7.92 Å².